The largest absolute Gasteiger partial charge is 0.357 e. The maximum Gasteiger partial charge on any atom is 0.191 e. The summed E-state index contributed by atoms with van der Waals surface area (Å²) in [7, 11) is 0. The zero-order valence-electron chi connectivity index (χ0n) is 15.1. The second-order valence-corrected chi connectivity index (χ2v) is 7.03. The zero-order chi connectivity index (χ0) is 17.4. The van der Waals surface area contributed by atoms with Crippen molar-refractivity contribution in [3.63, 3.8) is 0 Å². The average molecular weight is 349 g/mol. The van der Waals surface area contributed by atoms with Crippen LogP contribution in [0.25, 0.3) is 0 Å². The van der Waals surface area contributed by atoms with E-state index in [1.807, 2.05) is 26.2 Å². The molecule has 7 heteroatoms. The monoisotopic (exact) mass is 348 g/mol. The number of guanidine groups is 1. The van der Waals surface area contributed by atoms with Gasteiger partial charge < -0.3 is 15.2 Å². The maximum atomic E-state index is 4.63. The molecule has 0 atom stereocenters. The molecule has 0 unspecified atom stereocenters. The van der Waals surface area contributed by atoms with Gasteiger partial charge in [-0.05, 0) is 40.5 Å². The summed E-state index contributed by atoms with van der Waals surface area (Å²) in [6, 6.07) is 0. The van der Waals surface area contributed by atoms with E-state index in [0.29, 0.717) is 6.54 Å². The molecule has 0 saturated carbocycles. The lowest BCUT2D eigenvalue weighted by Crippen LogP contribution is -2.37. The number of aliphatic imine (C=N–C) groups is 1. The van der Waals surface area contributed by atoms with E-state index in [9.17, 15) is 0 Å². The Morgan fingerprint density at radius 3 is 2.71 bits per heavy atom. The number of rotatable bonds is 8. The van der Waals surface area contributed by atoms with Crippen molar-refractivity contribution in [3.8, 4) is 0 Å². The molecule has 24 heavy (non-hydrogen) atoms. The SMILES string of the molecule is CCNC(=NCc1nc(C)c(C)s1)NCCCCn1ccnc1C. The molecule has 132 valence electrons. The highest BCUT2D eigenvalue weighted by molar-refractivity contribution is 7.11. The van der Waals surface area contributed by atoms with Crippen LogP contribution < -0.4 is 10.6 Å². The minimum atomic E-state index is 0.628. The van der Waals surface area contributed by atoms with Gasteiger partial charge in [-0.3, -0.25) is 0 Å². The van der Waals surface area contributed by atoms with Gasteiger partial charge in [0.05, 0.1) is 12.2 Å². The van der Waals surface area contributed by atoms with E-state index < -0.39 is 0 Å². The van der Waals surface area contributed by atoms with E-state index >= 15 is 0 Å². The minimum Gasteiger partial charge on any atom is -0.357 e. The van der Waals surface area contributed by atoms with E-state index in [-0.39, 0.29) is 0 Å². The van der Waals surface area contributed by atoms with Crippen LogP contribution >= 0.6 is 11.3 Å². The molecule has 0 aliphatic rings. The number of imidazole rings is 1. The highest BCUT2D eigenvalue weighted by Gasteiger charge is 2.04. The van der Waals surface area contributed by atoms with E-state index in [0.717, 1.165) is 55.0 Å². The standard InChI is InChI=1S/C17H28N6S/c1-5-18-17(21-12-16-22-13(2)14(3)24-16)20-8-6-7-10-23-11-9-19-15(23)4/h9,11H,5-8,10,12H2,1-4H3,(H2,18,20,21). The summed E-state index contributed by atoms with van der Waals surface area (Å²) >= 11 is 1.72. The molecule has 0 radical (unpaired) electrons. The van der Waals surface area contributed by atoms with Crippen LogP contribution in [0.1, 0.15) is 41.2 Å². The van der Waals surface area contributed by atoms with Crippen molar-refractivity contribution >= 4 is 17.3 Å². The van der Waals surface area contributed by atoms with Gasteiger partial charge in [0.25, 0.3) is 0 Å². The van der Waals surface area contributed by atoms with Crippen molar-refractivity contribution in [2.45, 2.75) is 53.6 Å². The Balaban J connectivity index is 1.74. The molecule has 2 N–H and O–H groups in total. The summed E-state index contributed by atoms with van der Waals surface area (Å²) in [5.41, 5.74) is 1.11. The lowest BCUT2D eigenvalue weighted by atomic mass is 10.3. The van der Waals surface area contributed by atoms with Crippen LogP contribution in [0.5, 0.6) is 0 Å². The quantitative estimate of drug-likeness (QED) is 0.437. The predicted molar refractivity (Wildman–Crippen MR) is 101 cm³/mol. The number of thiazole rings is 1. The highest BCUT2D eigenvalue weighted by atomic mass is 32.1. The van der Waals surface area contributed by atoms with Crippen LogP contribution in [0.15, 0.2) is 17.4 Å². The first-order chi connectivity index (χ1) is 11.6. The first-order valence-corrected chi connectivity index (χ1v) is 9.34. The van der Waals surface area contributed by atoms with Gasteiger partial charge in [-0.2, -0.15) is 0 Å². The van der Waals surface area contributed by atoms with Crippen LogP contribution in [0.3, 0.4) is 0 Å². The van der Waals surface area contributed by atoms with Crippen LogP contribution in [-0.4, -0.2) is 33.6 Å². The fraction of sp³-hybridized carbons (Fsp3) is 0.588. The molecule has 0 saturated heterocycles. The fourth-order valence-electron chi connectivity index (χ4n) is 2.35. The first-order valence-electron chi connectivity index (χ1n) is 8.53. The number of aromatic nitrogens is 3. The summed E-state index contributed by atoms with van der Waals surface area (Å²) in [4.78, 5) is 14.7. The number of hydrogen-bond donors (Lipinski definition) is 2. The van der Waals surface area contributed by atoms with Crippen LogP contribution in [0.4, 0.5) is 0 Å². The van der Waals surface area contributed by atoms with Gasteiger partial charge in [0.2, 0.25) is 0 Å². The Bertz CT molecular complexity index is 638. The van der Waals surface area contributed by atoms with Crippen LogP contribution in [0.2, 0.25) is 0 Å². The van der Waals surface area contributed by atoms with Crippen molar-refractivity contribution in [1.82, 2.24) is 25.2 Å². The third-order valence-corrected chi connectivity index (χ3v) is 4.89. The van der Waals surface area contributed by atoms with Crippen molar-refractivity contribution < 1.29 is 0 Å². The van der Waals surface area contributed by atoms with Gasteiger partial charge in [0.15, 0.2) is 5.96 Å². The third-order valence-electron chi connectivity index (χ3n) is 3.83. The van der Waals surface area contributed by atoms with Crippen LogP contribution in [-0.2, 0) is 13.1 Å². The molecule has 0 aliphatic carbocycles. The Kier molecular flexibility index (Phi) is 7.24. The fourth-order valence-corrected chi connectivity index (χ4v) is 3.21. The van der Waals surface area contributed by atoms with E-state index in [1.165, 1.54) is 4.88 Å². The van der Waals surface area contributed by atoms with Gasteiger partial charge in [0, 0.05) is 36.9 Å². The van der Waals surface area contributed by atoms with Gasteiger partial charge in [-0.1, -0.05) is 0 Å². The average Bonchev–Trinajstić information content (AvgIpc) is 3.10. The summed E-state index contributed by atoms with van der Waals surface area (Å²) in [6.07, 6.45) is 6.10. The smallest absolute Gasteiger partial charge is 0.191 e. The Labute approximate surface area is 148 Å². The number of hydrogen-bond acceptors (Lipinski definition) is 4. The van der Waals surface area contributed by atoms with Gasteiger partial charge in [-0.15, -0.1) is 11.3 Å². The van der Waals surface area contributed by atoms with E-state index in [2.05, 4.69) is 44.0 Å². The molecular weight excluding hydrogens is 320 g/mol. The summed E-state index contributed by atoms with van der Waals surface area (Å²) < 4.78 is 2.19. The Morgan fingerprint density at radius 1 is 1.25 bits per heavy atom. The summed E-state index contributed by atoms with van der Waals surface area (Å²) in [6.45, 7) is 11.7. The Hall–Kier alpha value is -1.89. The van der Waals surface area contributed by atoms with Crippen LogP contribution in [0, 0.1) is 20.8 Å². The second-order valence-electron chi connectivity index (χ2n) is 5.75. The second kappa shape index (κ2) is 9.42. The number of nitrogens with one attached hydrogen (secondary N) is 2. The molecule has 2 aromatic rings. The maximum absolute atomic E-state index is 4.63. The minimum absolute atomic E-state index is 0.628. The molecule has 0 aliphatic heterocycles. The molecule has 0 aromatic carbocycles. The number of unbranched alkanes of at least 4 members (excludes halogenated alkanes) is 1. The normalized spacial score (nSPS) is 11.8. The first kappa shape index (κ1) is 18.4. The molecule has 0 spiro atoms. The third kappa shape index (κ3) is 5.63. The lowest BCUT2D eigenvalue weighted by Gasteiger charge is -2.11. The molecule has 6 nitrogen and oxygen atoms in total. The molecule has 0 bridgehead atoms. The number of aryl methyl sites for hydroxylation is 4. The van der Waals surface area contributed by atoms with Gasteiger partial charge in [0.1, 0.15) is 10.8 Å². The molecule has 0 amide bonds. The zero-order valence-corrected chi connectivity index (χ0v) is 15.9. The molecule has 2 heterocycles. The van der Waals surface area contributed by atoms with E-state index in [4.69, 9.17) is 0 Å². The number of nitrogens with zero attached hydrogens (tertiary/aromatic N) is 4. The van der Waals surface area contributed by atoms with Crippen molar-refractivity contribution in [3.05, 3.63) is 33.8 Å². The molecular formula is C17H28N6S. The van der Waals surface area contributed by atoms with Crippen molar-refractivity contribution in [2.75, 3.05) is 13.1 Å². The van der Waals surface area contributed by atoms with Gasteiger partial charge >= 0.3 is 0 Å². The topological polar surface area (TPSA) is 67.1 Å². The highest BCUT2D eigenvalue weighted by Crippen LogP contribution is 2.16. The van der Waals surface area contributed by atoms with Crippen molar-refractivity contribution in [2.24, 2.45) is 4.99 Å². The Morgan fingerprint density at radius 2 is 2.08 bits per heavy atom. The van der Waals surface area contributed by atoms with Gasteiger partial charge in [-0.25, -0.2) is 15.0 Å². The van der Waals surface area contributed by atoms with E-state index in [1.54, 1.807) is 11.3 Å². The summed E-state index contributed by atoms with van der Waals surface area (Å²) in [5.74, 6) is 1.94. The predicted octanol–water partition coefficient (Wildman–Crippen LogP) is 2.80. The molecule has 2 aromatic heterocycles. The van der Waals surface area contributed by atoms with Crippen molar-refractivity contribution in [1.29, 1.82) is 0 Å². The summed E-state index contributed by atoms with van der Waals surface area (Å²) in [5, 5.41) is 7.75. The lowest BCUT2D eigenvalue weighted by molar-refractivity contribution is 0.588. The molecule has 2 rings (SSSR count). The molecule has 0 fully saturated rings.